The summed E-state index contributed by atoms with van der Waals surface area (Å²) >= 11 is 1.46. The van der Waals surface area contributed by atoms with E-state index in [1.165, 1.54) is 41.2 Å². The summed E-state index contributed by atoms with van der Waals surface area (Å²) in [6.07, 6.45) is 0.786. The first-order valence-electron chi connectivity index (χ1n) is 9.02. The number of thiophene rings is 1. The molecule has 6 heteroatoms. The van der Waals surface area contributed by atoms with E-state index < -0.39 is 0 Å². The molecule has 4 nitrogen and oxygen atoms in total. The van der Waals surface area contributed by atoms with Crippen molar-refractivity contribution in [2.45, 2.75) is 19.5 Å². The summed E-state index contributed by atoms with van der Waals surface area (Å²) in [6.45, 7) is 2.49. The van der Waals surface area contributed by atoms with Crippen LogP contribution in [-0.2, 0) is 19.5 Å². The zero-order valence-corrected chi connectivity index (χ0v) is 15.9. The zero-order valence-electron chi connectivity index (χ0n) is 15.1. The molecule has 3 aromatic rings. The van der Waals surface area contributed by atoms with Crippen molar-refractivity contribution in [1.82, 2.24) is 4.90 Å². The minimum atomic E-state index is -0.389. The Morgan fingerprint density at radius 3 is 2.64 bits per heavy atom. The lowest BCUT2D eigenvalue weighted by Crippen LogP contribution is -2.29. The third-order valence-electron chi connectivity index (χ3n) is 4.83. The Bertz CT molecular complexity index is 1040. The summed E-state index contributed by atoms with van der Waals surface area (Å²) < 4.78 is 13.1. The minimum absolute atomic E-state index is 0.337. The van der Waals surface area contributed by atoms with Crippen molar-refractivity contribution < 1.29 is 9.18 Å². The van der Waals surface area contributed by atoms with Crippen LogP contribution in [-0.4, -0.2) is 17.4 Å². The van der Waals surface area contributed by atoms with Crippen molar-refractivity contribution in [3.05, 3.63) is 87.5 Å². The molecule has 0 atom stereocenters. The first-order chi connectivity index (χ1) is 13.6. The third kappa shape index (κ3) is 3.81. The molecule has 1 N–H and O–H groups in total. The van der Waals surface area contributed by atoms with Gasteiger partial charge in [-0.15, -0.1) is 11.3 Å². The molecule has 0 saturated heterocycles. The molecule has 2 aromatic carbocycles. The second kappa shape index (κ2) is 7.93. The quantitative estimate of drug-likeness (QED) is 0.709. The Hall–Kier alpha value is -3.01. The second-order valence-electron chi connectivity index (χ2n) is 6.73. The van der Waals surface area contributed by atoms with Crippen molar-refractivity contribution >= 4 is 22.2 Å². The van der Waals surface area contributed by atoms with Gasteiger partial charge in [-0.05, 0) is 41.8 Å². The van der Waals surface area contributed by atoms with Gasteiger partial charge >= 0.3 is 0 Å². The molecule has 0 aliphatic carbocycles. The Morgan fingerprint density at radius 2 is 1.93 bits per heavy atom. The lowest BCUT2D eigenvalue weighted by Gasteiger charge is -2.26. The van der Waals surface area contributed by atoms with Crippen molar-refractivity contribution in [2.24, 2.45) is 0 Å². The van der Waals surface area contributed by atoms with Gasteiger partial charge in [-0.1, -0.05) is 30.3 Å². The van der Waals surface area contributed by atoms with Gasteiger partial charge in [-0.25, -0.2) is 4.39 Å². The monoisotopic (exact) mass is 391 g/mol. The van der Waals surface area contributed by atoms with Gasteiger partial charge in [0.25, 0.3) is 5.91 Å². The molecule has 0 spiro atoms. The Labute approximate surface area is 166 Å². The van der Waals surface area contributed by atoms with E-state index in [9.17, 15) is 14.4 Å². The number of carbonyl (C=O) groups is 1. The molecule has 0 radical (unpaired) electrons. The molecular formula is C22H18FN3OS. The molecule has 1 amide bonds. The van der Waals surface area contributed by atoms with E-state index in [1.807, 2.05) is 18.2 Å². The molecule has 0 bridgehead atoms. The lowest BCUT2D eigenvalue weighted by molar-refractivity contribution is 0.102. The second-order valence-corrected chi connectivity index (χ2v) is 7.83. The van der Waals surface area contributed by atoms with Gasteiger partial charge in [-0.3, -0.25) is 9.69 Å². The SMILES string of the molecule is N#Cc1c(NC(=O)c2ccc(F)cc2)sc2c1CCN(Cc1ccccc1)C2. The van der Waals surface area contributed by atoms with Crippen LogP contribution in [0.25, 0.3) is 0 Å². The number of fused-ring (bicyclic) bond motifs is 1. The number of nitriles is 1. The minimum Gasteiger partial charge on any atom is -0.312 e. The summed E-state index contributed by atoms with van der Waals surface area (Å²) in [6, 6.07) is 17.9. The molecule has 28 heavy (non-hydrogen) atoms. The van der Waals surface area contributed by atoms with E-state index >= 15 is 0 Å². The highest BCUT2D eigenvalue weighted by molar-refractivity contribution is 7.16. The summed E-state index contributed by atoms with van der Waals surface area (Å²) in [5.41, 5.74) is 3.20. The largest absolute Gasteiger partial charge is 0.312 e. The van der Waals surface area contributed by atoms with Gasteiger partial charge in [0.2, 0.25) is 0 Å². The molecule has 140 valence electrons. The highest BCUT2D eigenvalue weighted by atomic mass is 32.1. The van der Waals surface area contributed by atoms with Gasteiger partial charge in [0.05, 0.1) is 5.56 Å². The molecule has 1 aliphatic rings. The first kappa shape index (κ1) is 18.4. The smallest absolute Gasteiger partial charge is 0.256 e. The maximum atomic E-state index is 13.1. The summed E-state index contributed by atoms with van der Waals surface area (Å²) in [5, 5.41) is 13.0. The van der Waals surface area contributed by atoms with Crippen LogP contribution in [0.3, 0.4) is 0 Å². The molecule has 0 fully saturated rings. The number of amides is 1. The van der Waals surface area contributed by atoms with Gasteiger partial charge in [-0.2, -0.15) is 5.26 Å². The molecule has 2 heterocycles. The maximum absolute atomic E-state index is 13.1. The number of nitrogens with one attached hydrogen (secondary N) is 1. The van der Waals surface area contributed by atoms with E-state index in [4.69, 9.17) is 0 Å². The normalized spacial score (nSPS) is 13.6. The number of hydrogen-bond donors (Lipinski definition) is 1. The van der Waals surface area contributed by atoms with Crippen LogP contribution in [0, 0.1) is 17.1 Å². The van der Waals surface area contributed by atoms with Gasteiger partial charge in [0.1, 0.15) is 16.9 Å². The third-order valence-corrected chi connectivity index (χ3v) is 5.96. The highest BCUT2D eigenvalue weighted by Gasteiger charge is 2.25. The van der Waals surface area contributed by atoms with Crippen LogP contribution < -0.4 is 5.32 Å². The van der Waals surface area contributed by atoms with E-state index in [1.54, 1.807) is 0 Å². The van der Waals surface area contributed by atoms with Crippen molar-refractivity contribution in [2.75, 3.05) is 11.9 Å². The topological polar surface area (TPSA) is 56.1 Å². The van der Waals surface area contributed by atoms with E-state index in [0.717, 1.165) is 36.5 Å². The predicted octanol–water partition coefficient (Wildman–Crippen LogP) is 4.57. The van der Waals surface area contributed by atoms with Crippen molar-refractivity contribution in [1.29, 1.82) is 5.26 Å². The fourth-order valence-corrected chi connectivity index (χ4v) is 4.65. The number of nitrogens with zero attached hydrogens (tertiary/aromatic N) is 2. The standard InChI is InChI=1S/C22H18FN3OS/c23-17-8-6-16(7-9-17)21(27)25-22-19(12-24)18-10-11-26(14-20(18)28-22)13-15-4-2-1-3-5-15/h1-9H,10-11,13-14H2,(H,25,27). The van der Waals surface area contributed by atoms with Crippen molar-refractivity contribution in [3.8, 4) is 6.07 Å². The number of carbonyl (C=O) groups excluding carboxylic acids is 1. The Balaban J connectivity index is 1.52. The summed E-state index contributed by atoms with van der Waals surface area (Å²) in [5.74, 6) is -0.726. The first-order valence-corrected chi connectivity index (χ1v) is 9.83. The van der Waals surface area contributed by atoms with Crippen LogP contribution in [0.2, 0.25) is 0 Å². The van der Waals surface area contributed by atoms with Gasteiger partial charge in [0.15, 0.2) is 0 Å². The summed E-state index contributed by atoms with van der Waals surface area (Å²) in [7, 11) is 0. The molecule has 1 aliphatic heterocycles. The van der Waals surface area contributed by atoms with E-state index in [-0.39, 0.29) is 11.7 Å². The summed E-state index contributed by atoms with van der Waals surface area (Å²) in [4.78, 5) is 15.9. The molecule has 0 saturated carbocycles. The molecule has 1 aromatic heterocycles. The average Bonchev–Trinajstić information content (AvgIpc) is 3.05. The van der Waals surface area contributed by atoms with Crippen LogP contribution in [0.4, 0.5) is 9.39 Å². The number of anilines is 1. The number of rotatable bonds is 4. The average molecular weight is 391 g/mol. The Kier molecular flexibility index (Phi) is 5.20. The maximum Gasteiger partial charge on any atom is 0.256 e. The fraction of sp³-hybridized carbons (Fsp3) is 0.182. The molecular weight excluding hydrogens is 373 g/mol. The van der Waals surface area contributed by atoms with Crippen LogP contribution in [0.5, 0.6) is 0 Å². The number of halogens is 1. The fourth-order valence-electron chi connectivity index (χ4n) is 3.42. The predicted molar refractivity (Wildman–Crippen MR) is 108 cm³/mol. The number of hydrogen-bond acceptors (Lipinski definition) is 4. The van der Waals surface area contributed by atoms with Crippen molar-refractivity contribution in [3.63, 3.8) is 0 Å². The number of benzene rings is 2. The lowest BCUT2D eigenvalue weighted by atomic mass is 10.0. The van der Waals surface area contributed by atoms with Crippen LogP contribution in [0.15, 0.2) is 54.6 Å². The van der Waals surface area contributed by atoms with Gasteiger partial charge in [0, 0.05) is 30.1 Å². The van der Waals surface area contributed by atoms with Crippen LogP contribution >= 0.6 is 11.3 Å². The molecule has 0 unspecified atom stereocenters. The molecule has 4 rings (SSSR count). The van der Waals surface area contributed by atoms with Gasteiger partial charge < -0.3 is 5.32 Å². The van der Waals surface area contributed by atoms with Crippen LogP contribution in [0.1, 0.15) is 31.9 Å². The van der Waals surface area contributed by atoms with E-state index in [2.05, 4.69) is 28.4 Å². The zero-order chi connectivity index (χ0) is 19.5. The highest BCUT2D eigenvalue weighted by Crippen LogP contribution is 2.37. The Morgan fingerprint density at radius 1 is 1.18 bits per heavy atom. The van der Waals surface area contributed by atoms with E-state index in [0.29, 0.717) is 16.1 Å².